The van der Waals surface area contributed by atoms with Crippen LogP contribution in [0.4, 0.5) is 0 Å². The number of fused-ring (bicyclic) bond motifs is 1. The number of rotatable bonds is 3. The predicted molar refractivity (Wildman–Crippen MR) is 65.8 cm³/mol. The summed E-state index contributed by atoms with van der Waals surface area (Å²) in [6.07, 6.45) is 3.59. The van der Waals surface area contributed by atoms with Crippen molar-refractivity contribution in [3.8, 4) is 5.88 Å². The topological polar surface area (TPSA) is 60.7 Å². The van der Waals surface area contributed by atoms with Crippen molar-refractivity contribution in [1.29, 1.82) is 0 Å². The number of hydrogen-bond acceptors (Lipinski definition) is 5. The van der Waals surface area contributed by atoms with Gasteiger partial charge in [0.05, 0.1) is 12.3 Å². The Morgan fingerprint density at radius 1 is 1.61 bits per heavy atom. The van der Waals surface area contributed by atoms with Gasteiger partial charge in [0, 0.05) is 25.5 Å². The third kappa shape index (κ3) is 2.30. The van der Waals surface area contributed by atoms with E-state index >= 15 is 0 Å². The molecule has 3 rings (SSSR count). The summed E-state index contributed by atoms with van der Waals surface area (Å²) >= 11 is 0. The van der Waals surface area contributed by atoms with Crippen LogP contribution in [-0.4, -0.2) is 47.0 Å². The molecule has 1 saturated heterocycles. The zero-order valence-electron chi connectivity index (χ0n) is 10.3. The molecule has 2 aromatic rings. The molecular formula is C12H16N4O2. The average Bonchev–Trinajstić information content (AvgIpc) is 2.78. The molecule has 3 heterocycles. The van der Waals surface area contributed by atoms with Crippen LogP contribution in [0.1, 0.15) is 5.69 Å². The molecule has 6 heteroatoms. The zero-order valence-corrected chi connectivity index (χ0v) is 10.3. The van der Waals surface area contributed by atoms with E-state index in [9.17, 15) is 0 Å². The first-order chi connectivity index (χ1) is 8.83. The molecule has 1 aliphatic heterocycles. The number of nitrogens with one attached hydrogen (secondary N) is 1. The predicted octanol–water partition coefficient (Wildman–Crippen LogP) is 0.405. The fraction of sp³-hybridized carbons (Fsp3) is 0.500. The molecule has 18 heavy (non-hydrogen) atoms. The van der Waals surface area contributed by atoms with E-state index in [1.54, 1.807) is 10.7 Å². The van der Waals surface area contributed by atoms with Crippen molar-refractivity contribution in [1.82, 2.24) is 19.9 Å². The van der Waals surface area contributed by atoms with Crippen molar-refractivity contribution >= 4 is 5.52 Å². The Hall–Kier alpha value is -1.66. The SMILES string of the molecule is Cc1cc2c(OCC3CNCCO3)nccn2n1. The van der Waals surface area contributed by atoms with E-state index in [0.717, 1.165) is 30.9 Å². The number of hydrogen-bond donors (Lipinski definition) is 1. The number of aryl methyl sites for hydroxylation is 1. The van der Waals surface area contributed by atoms with Crippen LogP contribution in [0.5, 0.6) is 5.88 Å². The van der Waals surface area contributed by atoms with Gasteiger partial charge in [0.1, 0.15) is 18.2 Å². The third-order valence-electron chi connectivity index (χ3n) is 2.89. The lowest BCUT2D eigenvalue weighted by Crippen LogP contribution is -2.41. The van der Waals surface area contributed by atoms with Gasteiger partial charge in [-0.3, -0.25) is 0 Å². The Kier molecular flexibility index (Phi) is 3.12. The van der Waals surface area contributed by atoms with Crippen molar-refractivity contribution < 1.29 is 9.47 Å². The number of morpholine rings is 1. The first-order valence-electron chi connectivity index (χ1n) is 6.09. The molecule has 2 aromatic heterocycles. The molecule has 0 amide bonds. The molecule has 1 N–H and O–H groups in total. The lowest BCUT2D eigenvalue weighted by Gasteiger charge is -2.23. The summed E-state index contributed by atoms with van der Waals surface area (Å²) in [4.78, 5) is 4.25. The van der Waals surface area contributed by atoms with Gasteiger partial charge in [-0.1, -0.05) is 0 Å². The molecule has 0 saturated carbocycles. The number of nitrogens with zero attached hydrogens (tertiary/aromatic N) is 3. The molecule has 1 atom stereocenters. The maximum atomic E-state index is 5.74. The van der Waals surface area contributed by atoms with Gasteiger partial charge in [0.15, 0.2) is 0 Å². The first-order valence-corrected chi connectivity index (χ1v) is 6.09. The molecule has 1 fully saturated rings. The molecule has 6 nitrogen and oxygen atoms in total. The highest BCUT2D eigenvalue weighted by atomic mass is 16.5. The second-order valence-corrected chi connectivity index (χ2v) is 4.36. The highest BCUT2D eigenvalue weighted by Crippen LogP contribution is 2.17. The first kappa shape index (κ1) is 11.4. The smallest absolute Gasteiger partial charge is 0.240 e. The van der Waals surface area contributed by atoms with E-state index in [1.807, 2.05) is 19.2 Å². The molecule has 0 radical (unpaired) electrons. The van der Waals surface area contributed by atoms with Crippen LogP contribution in [0.3, 0.4) is 0 Å². The number of ether oxygens (including phenoxy) is 2. The third-order valence-corrected chi connectivity index (χ3v) is 2.89. The van der Waals surface area contributed by atoms with Crippen LogP contribution in [-0.2, 0) is 4.74 Å². The summed E-state index contributed by atoms with van der Waals surface area (Å²) < 4.78 is 13.1. The van der Waals surface area contributed by atoms with Crippen LogP contribution in [0.15, 0.2) is 18.5 Å². The van der Waals surface area contributed by atoms with Gasteiger partial charge in [-0.2, -0.15) is 5.10 Å². The maximum absolute atomic E-state index is 5.74. The summed E-state index contributed by atoms with van der Waals surface area (Å²) in [5, 5.41) is 7.59. The molecule has 0 aromatic carbocycles. The standard InChI is InChI=1S/C12H16N4O2/c1-9-6-11-12(14-2-4-16(11)15-9)18-8-10-7-13-3-5-17-10/h2,4,6,10,13H,3,5,7-8H2,1H3. The summed E-state index contributed by atoms with van der Waals surface area (Å²) in [7, 11) is 0. The van der Waals surface area contributed by atoms with E-state index in [-0.39, 0.29) is 6.10 Å². The van der Waals surface area contributed by atoms with Crippen LogP contribution in [0.25, 0.3) is 5.52 Å². The Morgan fingerprint density at radius 3 is 3.39 bits per heavy atom. The van der Waals surface area contributed by atoms with Crippen LogP contribution < -0.4 is 10.1 Å². The molecule has 1 aliphatic rings. The zero-order chi connectivity index (χ0) is 12.4. The highest BCUT2D eigenvalue weighted by molar-refractivity contribution is 5.56. The maximum Gasteiger partial charge on any atom is 0.240 e. The quantitative estimate of drug-likeness (QED) is 0.852. The fourth-order valence-electron chi connectivity index (χ4n) is 2.03. The second kappa shape index (κ2) is 4.91. The van der Waals surface area contributed by atoms with Gasteiger partial charge in [-0.05, 0) is 13.0 Å². The van der Waals surface area contributed by atoms with Crippen molar-refractivity contribution in [3.05, 3.63) is 24.2 Å². The molecule has 0 aliphatic carbocycles. The molecular weight excluding hydrogens is 232 g/mol. The van der Waals surface area contributed by atoms with Gasteiger partial charge >= 0.3 is 0 Å². The minimum atomic E-state index is 0.0878. The average molecular weight is 248 g/mol. The summed E-state index contributed by atoms with van der Waals surface area (Å²) in [5.74, 6) is 0.604. The van der Waals surface area contributed by atoms with E-state index in [4.69, 9.17) is 9.47 Å². The van der Waals surface area contributed by atoms with Crippen molar-refractivity contribution in [3.63, 3.8) is 0 Å². The van der Waals surface area contributed by atoms with Crippen molar-refractivity contribution in [2.75, 3.05) is 26.3 Å². The molecule has 0 bridgehead atoms. The van der Waals surface area contributed by atoms with E-state index < -0.39 is 0 Å². The van der Waals surface area contributed by atoms with Crippen molar-refractivity contribution in [2.24, 2.45) is 0 Å². The summed E-state index contributed by atoms with van der Waals surface area (Å²) in [6, 6.07) is 1.96. The lowest BCUT2D eigenvalue weighted by atomic mass is 10.3. The van der Waals surface area contributed by atoms with Gasteiger partial charge in [0.25, 0.3) is 0 Å². The Labute approximate surface area is 105 Å². The number of aromatic nitrogens is 3. The van der Waals surface area contributed by atoms with Crippen LogP contribution >= 0.6 is 0 Å². The highest BCUT2D eigenvalue weighted by Gasteiger charge is 2.15. The monoisotopic (exact) mass is 248 g/mol. The summed E-state index contributed by atoms with van der Waals surface area (Å²) in [5.41, 5.74) is 1.84. The van der Waals surface area contributed by atoms with Gasteiger partial charge < -0.3 is 14.8 Å². The fourth-order valence-corrected chi connectivity index (χ4v) is 2.03. The molecule has 1 unspecified atom stereocenters. The molecule has 96 valence electrons. The van der Waals surface area contributed by atoms with E-state index in [0.29, 0.717) is 12.5 Å². The second-order valence-electron chi connectivity index (χ2n) is 4.36. The Balaban J connectivity index is 1.73. The summed E-state index contributed by atoms with van der Waals surface area (Å²) in [6.45, 7) is 4.92. The molecule has 0 spiro atoms. The van der Waals surface area contributed by atoms with Crippen LogP contribution in [0, 0.1) is 6.92 Å². The largest absolute Gasteiger partial charge is 0.473 e. The van der Waals surface area contributed by atoms with Gasteiger partial charge in [-0.15, -0.1) is 0 Å². The van der Waals surface area contributed by atoms with E-state index in [2.05, 4.69) is 15.4 Å². The Bertz CT molecular complexity index is 534. The van der Waals surface area contributed by atoms with Gasteiger partial charge in [-0.25, -0.2) is 9.50 Å². The van der Waals surface area contributed by atoms with Crippen LogP contribution in [0.2, 0.25) is 0 Å². The van der Waals surface area contributed by atoms with Gasteiger partial charge in [0.2, 0.25) is 5.88 Å². The normalized spacial score (nSPS) is 20.2. The lowest BCUT2D eigenvalue weighted by molar-refractivity contribution is -0.000477. The minimum absolute atomic E-state index is 0.0878. The minimum Gasteiger partial charge on any atom is -0.473 e. The Morgan fingerprint density at radius 2 is 2.56 bits per heavy atom. The van der Waals surface area contributed by atoms with Crippen molar-refractivity contribution in [2.45, 2.75) is 13.0 Å². The van der Waals surface area contributed by atoms with E-state index in [1.165, 1.54) is 0 Å².